The zero-order chi connectivity index (χ0) is 33.8. The van der Waals surface area contributed by atoms with Gasteiger partial charge >= 0.3 is 5.97 Å². The molecule has 260 valence electrons. The van der Waals surface area contributed by atoms with Crippen LogP contribution in [0.1, 0.15) is 92.9 Å². The summed E-state index contributed by atoms with van der Waals surface area (Å²) in [6, 6.07) is 0. The van der Waals surface area contributed by atoms with Crippen molar-refractivity contribution in [1.82, 2.24) is 0 Å². The molecular formula is C36H56O10. The first-order valence-electron chi connectivity index (χ1n) is 17.4. The van der Waals surface area contributed by atoms with Gasteiger partial charge in [-0.05, 0) is 103 Å². The number of allylic oxidation sites excluding steroid dienone is 3. The van der Waals surface area contributed by atoms with E-state index in [2.05, 4.69) is 40.7 Å². The van der Waals surface area contributed by atoms with Crippen LogP contribution in [0.2, 0.25) is 0 Å². The summed E-state index contributed by atoms with van der Waals surface area (Å²) in [6.07, 6.45) is -1.55. The van der Waals surface area contributed by atoms with Gasteiger partial charge in [0.15, 0.2) is 0 Å². The highest BCUT2D eigenvalue weighted by Gasteiger charge is 2.70. The van der Waals surface area contributed by atoms with Crippen molar-refractivity contribution in [3.05, 3.63) is 22.8 Å². The third kappa shape index (κ3) is 4.40. The molecule has 4 fully saturated rings. The minimum absolute atomic E-state index is 0.0480. The molecule has 0 aromatic carbocycles. The maximum Gasteiger partial charge on any atom is 0.318 e. The molecule has 1 heterocycles. The lowest BCUT2D eigenvalue weighted by molar-refractivity contribution is -0.295. The maximum atomic E-state index is 14.4. The molecule has 3 saturated carbocycles. The fourth-order valence-electron chi connectivity index (χ4n) is 11.8. The fraction of sp³-hybridized carbons (Fsp3) is 0.861. The first-order valence-corrected chi connectivity index (χ1v) is 17.4. The fourth-order valence-corrected chi connectivity index (χ4v) is 11.8. The largest absolute Gasteiger partial charge is 0.432 e. The van der Waals surface area contributed by atoms with Crippen LogP contribution < -0.4 is 0 Å². The number of aliphatic hydroxyl groups excluding tert-OH is 7. The van der Waals surface area contributed by atoms with Gasteiger partial charge in [-0.2, -0.15) is 0 Å². The Labute approximate surface area is 272 Å². The second-order valence-electron chi connectivity index (χ2n) is 16.8. The van der Waals surface area contributed by atoms with E-state index in [9.17, 15) is 40.5 Å². The van der Waals surface area contributed by atoms with Crippen LogP contribution in [0.3, 0.4) is 0 Å². The van der Waals surface area contributed by atoms with E-state index < -0.39 is 66.3 Å². The van der Waals surface area contributed by atoms with E-state index in [0.717, 1.165) is 43.3 Å². The minimum Gasteiger partial charge on any atom is -0.432 e. The number of carbonyl (C=O) groups excluding carboxylic acids is 1. The van der Waals surface area contributed by atoms with E-state index in [0.29, 0.717) is 19.3 Å². The second-order valence-corrected chi connectivity index (χ2v) is 16.8. The molecular weight excluding hydrogens is 592 g/mol. The van der Waals surface area contributed by atoms with E-state index in [1.165, 1.54) is 5.57 Å². The molecule has 6 rings (SSSR count). The van der Waals surface area contributed by atoms with Crippen LogP contribution in [0.25, 0.3) is 0 Å². The molecule has 10 heteroatoms. The number of hydrogen-bond donors (Lipinski definition) is 7. The number of aliphatic hydroxyl groups is 7. The van der Waals surface area contributed by atoms with Crippen molar-refractivity contribution in [2.75, 3.05) is 13.2 Å². The van der Waals surface area contributed by atoms with E-state index in [-0.39, 0.29) is 40.6 Å². The van der Waals surface area contributed by atoms with Crippen LogP contribution >= 0.6 is 0 Å². The van der Waals surface area contributed by atoms with Crippen LogP contribution in [0.4, 0.5) is 0 Å². The van der Waals surface area contributed by atoms with Gasteiger partial charge in [-0.1, -0.05) is 46.3 Å². The van der Waals surface area contributed by atoms with Gasteiger partial charge in [-0.25, -0.2) is 0 Å². The number of fused-ring (bicyclic) bond motifs is 7. The number of ether oxygens (including phenoxy) is 2. The summed E-state index contributed by atoms with van der Waals surface area (Å²) in [6.45, 7) is 12.4. The van der Waals surface area contributed by atoms with Gasteiger partial charge in [-0.3, -0.25) is 4.79 Å². The smallest absolute Gasteiger partial charge is 0.318 e. The summed E-state index contributed by atoms with van der Waals surface area (Å²) < 4.78 is 11.5. The number of hydrogen-bond acceptors (Lipinski definition) is 10. The summed E-state index contributed by atoms with van der Waals surface area (Å²) >= 11 is 0. The van der Waals surface area contributed by atoms with Crippen molar-refractivity contribution in [2.45, 2.75) is 136 Å². The molecule has 1 saturated heterocycles. The molecule has 0 spiro atoms. The zero-order valence-corrected chi connectivity index (χ0v) is 28.3. The van der Waals surface area contributed by atoms with Crippen molar-refractivity contribution in [1.29, 1.82) is 0 Å². The van der Waals surface area contributed by atoms with E-state index in [1.807, 2.05) is 6.92 Å². The molecule has 0 unspecified atom stereocenters. The molecule has 6 aliphatic rings. The Balaban J connectivity index is 1.39. The topological polar surface area (TPSA) is 177 Å². The Morgan fingerprint density at radius 2 is 1.63 bits per heavy atom. The Hall–Kier alpha value is -1.37. The van der Waals surface area contributed by atoms with Gasteiger partial charge in [0, 0.05) is 5.41 Å². The van der Waals surface area contributed by atoms with Crippen molar-refractivity contribution < 1.29 is 50.0 Å². The zero-order valence-electron chi connectivity index (χ0n) is 28.3. The van der Waals surface area contributed by atoms with Crippen LogP contribution in [0, 0.1) is 44.8 Å². The van der Waals surface area contributed by atoms with Crippen LogP contribution in [0.5, 0.6) is 0 Å². The van der Waals surface area contributed by atoms with Gasteiger partial charge < -0.3 is 45.2 Å². The predicted molar refractivity (Wildman–Crippen MR) is 168 cm³/mol. The standard InChI is InChI=1S/C36H56O10/c1-18-9-12-36(31(44)46-30-28(42)27(41)26(40)22(16-37)45-30)14-13-34(5)20(25(36)19(18)2)7-8-24-32(3)15-21(39)29(43)33(4,17-38)23(32)10-11-35(24,34)6/h7,18,21-24,26-30,37-43H,8-17H2,1-6H3/t18-,21+,22-,23+,24+,26-,27+,28-,29-,30+,32-,33-,34+,35-,36-/m0/s1. The molecule has 0 amide bonds. The average Bonchev–Trinajstić information content (AvgIpc) is 3.02. The Kier molecular flexibility index (Phi) is 8.50. The summed E-state index contributed by atoms with van der Waals surface area (Å²) in [5, 5.41) is 73.8. The highest BCUT2D eigenvalue weighted by atomic mass is 16.7. The normalized spacial score (nSPS) is 53.7. The Morgan fingerprint density at radius 1 is 0.935 bits per heavy atom. The molecule has 5 aliphatic carbocycles. The summed E-state index contributed by atoms with van der Waals surface area (Å²) in [5.41, 5.74) is 0.798. The molecule has 15 atom stereocenters. The summed E-state index contributed by atoms with van der Waals surface area (Å²) in [7, 11) is 0. The van der Waals surface area contributed by atoms with Crippen molar-refractivity contribution in [3.8, 4) is 0 Å². The molecule has 0 radical (unpaired) electrons. The predicted octanol–water partition coefficient (Wildman–Crippen LogP) is 2.36. The number of esters is 1. The van der Waals surface area contributed by atoms with Crippen LogP contribution in [-0.2, 0) is 14.3 Å². The molecule has 0 aromatic rings. The van der Waals surface area contributed by atoms with E-state index in [1.54, 1.807) is 0 Å². The first kappa shape index (κ1) is 34.5. The van der Waals surface area contributed by atoms with Crippen molar-refractivity contribution in [2.24, 2.45) is 44.8 Å². The lowest BCUT2D eigenvalue weighted by Crippen LogP contribution is -2.67. The number of rotatable bonds is 4. The Morgan fingerprint density at radius 3 is 2.28 bits per heavy atom. The summed E-state index contributed by atoms with van der Waals surface area (Å²) in [5.74, 6) is -0.0274. The Bertz CT molecular complexity index is 1300. The molecule has 10 nitrogen and oxygen atoms in total. The SMILES string of the molecule is CC1=C2C3=CC[C@@H]4[C@@]5(C)C[C@@H](O)[C@H](O)[C@@](C)(CO)[C@@H]5CC[C@]4(C)[C@]3(C)CC[C@@]2(C(=O)O[C@H]2O[C@@H](CO)[C@H](O)[C@@H](O)[C@@H]2O)CC[C@@H]1C. The minimum atomic E-state index is -1.67. The molecule has 1 aliphatic heterocycles. The third-order valence-corrected chi connectivity index (χ3v) is 15.0. The highest BCUT2D eigenvalue weighted by molar-refractivity contribution is 5.84. The lowest BCUT2D eigenvalue weighted by Gasteiger charge is -2.70. The molecule has 0 bridgehead atoms. The van der Waals surface area contributed by atoms with Gasteiger partial charge in [0.1, 0.15) is 24.4 Å². The van der Waals surface area contributed by atoms with Crippen molar-refractivity contribution in [3.63, 3.8) is 0 Å². The van der Waals surface area contributed by atoms with Gasteiger partial charge in [0.2, 0.25) is 6.29 Å². The van der Waals surface area contributed by atoms with Crippen molar-refractivity contribution >= 4 is 5.97 Å². The van der Waals surface area contributed by atoms with Gasteiger partial charge in [0.05, 0.1) is 30.8 Å². The molecule has 0 aromatic heterocycles. The lowest BCUT2D eigenvalue weighted by atomic mass is 9.34. The second kappa shape index (κ2) is 11.3. The maximum absolute atomic E-state index is 14.4. The van der Waals surface area contributed by atoms with Crippen LogP contribution in [-0.4, -0.2) is 97.8 Å². The van der Waals surface area contributed by atoms with Gasteiger partial charge in [0.25, 0.3) is 0 Å². The molecule has 46 heavy (non-hydrogen) atoms. The third-order valence-electron chi connectivity index (χ3n) is 15.0. The van der Waals surface area contributed by atoms with E-state index in [4.69, 9.17) is 9.47 Å². The monoisotopic (exact) mass is 648 g/mol. The quantitative estimate of drug-likeness (QED) is 0.224. The number of carbonyl (C=O) groups is 1. The highest BCUT2D eigenvalue weighted by Crippen LogP contribution is 2.75. The van der Waals surface area contributed by atoms with Crippen LogP contribution in [0.15, 0.2) is 22.8 Å². The average molecular weight is 649 g/mol. The molecule has 7 N–H and O–H groups in total. The van der Waals surface area contributed by atoms with E-state index >= 15 is 0 Å². The van der Waals surface area contributed by atoms with Gasteiger partial charge in [-0.15, -0.1) is 0 Å². The first-order chi connectivity index (χ1) is 21.5. The summed E-state index contributed by atoms with van der Waals surface area (Å²) in [4.78, 5) is 14.4.